The summed E-state index contributed by atoms with van der Waals surface area (Å²) in [6.45, 7) is 8.60. The molecule has 2 rings (SSSR count). The van der Waals surface area contributed by atoms with Crippen LogP contribution >= 0.6 is 15.9 Å². The lowest BCUT2D eigenvalue weighted by Gasteiger charge is -2.13. The fourth-order valence-electron chi connectivity index (χ4n) is 2.25. The summed E-state index contributed by atoms with van der Waals surface area (Å²) in [5.74, 6) is 0. The Bertz CT molecular complexity index is 622. The van der Waals surface area contributed by atoms with E-state index in [0.717, 1.165) is 28.9 Å². The maximum Gasteiger partial charge on any atom is 0.0694 e. The normalized spacial score (nSPS) is 11.1. The molecule has 1 N–H and O–H groups in total. The standard InChI is InChI=1S/C16H22BrN3O/c1-11-12(2)19-20(13(11)3)16-6-5-15(17)9-14(16)10-18-7-8-21-4/h5-6,9,18H,7-8,10H2,1-4H3. The number of hydrogen-bond acceptors (Lipinski definition) is 3. The Balaban J connectivity index is 2.32. The molecule has 0 radical (unpaired) electrons. The van der Waals surface area contributed by atoms with Crippen LogP contribution in [-0.2, 0) is 11.3 Å². The molecule has 0 saturated carbocycles. The Labute approximate surface area is 134 Å². The molecule has 0 bridgehead atoms. The van der Waals surface area contributed by atoms with Gasteiger partial charge in [-0.2, -0.15) is 5.10 Å². The van der Waals surface area contributed by atoms with E-state index < -0.39 is 0 Å². The molecule has 21 heavy (non-hydrogen) atoms. The number of benzene rings is 1. The van der Waals surface area contributed by atoms with Crippen molar-refractivity contribution in [3.63, 3.8) is 0 Å². The van der Waals surface area contributed by atoms with Gasteiger partial charge in [-0.1, -0.05) is 15.9 Å². The zero-order valence-corrected chi connectivity index (χ0v) is 14.6. The largest absolute Gasteiger partial charge is 0.383 e. The highest BCUT2D eigenvalue weighted by Crippen LogP contribution is 2.23. The first-order valence-corrected chi connectivity index (χ1v) is 7.85. The van der Waals surface area contributed by atoms with Gasteiger partial charge >= 0.3 is 0 Å². The van der Waals surface area contributed by atoms with Gasteiger partial charge in [-0.25, -0.2) is 4.68 Å². The molecular formula is C16H22BrN3O. The fourth-order valence-corrected chi connectivity index (χ4v) is 2.66. The second-order valence-corrected chi connectivity index (χ2v) is 6.07. The van der Waals surface area contributed by atoms with Crippen LogP contribution in [0.2, 0.25) is 0 Å². The van der Waals surface area contributed by atoms with Crippen LogP contribution in [0, 0.1) is 20.8 Å². The van der Waals surface area contributed by atoms with Crippen LogP contribution in [0.5, 0.6) is 0 Å². The molecule has 5 heteroatoms. The summed E-state index contributed by atoms with van der Waals surface area (Å²) >= 11 is 3.55. The molecule has 0 aliphatic carbocycles. The van der Waals surface area contributed by atoms with Crippen LogP contribution in [0.25, 0.3) is 5.69 Å². The van der Waals surface area contributed by atoms with E-state index in [0.29, 0.717) is 6.61 Å². The van der Waals surface area contributed by atoms with Gasteiger partial charge in [0.15, 0.2) is 0 Å². The number of ether oxygens (including phenoxy) is 1. The minimum Gasteiger partial charge on any atom is -0.383 e. The van der Waals surface area contributed by atoms with E-state index in [1.807, 2.05) is 11.6 Å². The predicted octanol–water partition coefficient (Wildman–Crippen LogP) is 3.30. The van der Waals surface area contributed by atoms with Crippen LogP contribution in [0.1, 0.15) is 22.5 Å². The third-order valence-corrected chi connectivity index (χ3v) is 4.21. The number of nitrogens with one attached hydrogen (secondary N) is 1. The molecule has 2 aromatic rings. The van der Waals surface area contributed by atoms with Gasteiger partial charge in [0.25, 0.3) is 0 Å². The first kappa shape index (κ1) is 16.2. The summed E-state index contributed by atoms with van der Waals surface area (Å²) < 4.78 is 8.18. The summed E-state index contributed by atoms with van der Waals surface area (Å²) in [6.07, 6.45) is 0. The van der Waals surface area contributed by atoms with Gasteiger partial charge in [0, 0.05) is 30.4 Å². The Hall–Kier alpha value is -1.17. The molecule has 0 saturated heterocycles. The Kier molecular flexibility index (Phi) is 5.56. The second-order valence-electron chi connectivity index (χ2n) is 5.15. The van der Waals surface area contributed by atoms with Gasteiger partial charge in [0.1, 0.15) is 0 Å². The van der Waals surface area contributed by atoms with Crippen molar-refractivity contribution in [1.29, 1.82) is 0 Å². The predicted molar refractivity (Wildman–Crippen MR) is 89.1 cm³/mol. The first-order valence-electron chi connectivity index (χ1n) is 7.06. The molecule has 0 aliphatic rings. The number of rotatable bonds is 6. The topological polar surface area (TPSA) is 39.1 Å². The van der Waals surface area contributed by atoms with Crippen LogP contribution in [0.15, 0.2) is 22.7 Å². The molecule has 1 heterocycles. The molecular weight excluding hydrogens is 330 g/mol. The smallest absolute Gasteiger partial charge is 0.0694 e. The van der Waals surface area contributed by atoms with E-state index in [4.69, 9.17) is 4.74 Å². The van der Waals surface area contributed by atoms with Crippen molar-refractivity contribution >= 4 is 15.9 Å². The minimum absolute atomic E-state index is 0.711. The van der Waals surface area contributed by atoms with Crippen LogP contribution < -0.4 is 5.32 Å². The van der Waals surface area contributed by atoms with Gasteiger partial charge in [0.2, 0.25) is 0 Å². The lowest BCUT2D eigenvalue weighted by molar-refractivity contribution is 0.199. The van der Waals surface area contributed by atoms with Gasteiger partial charge in [-0.05, 0) is 50.1 Å². The third-order valence-electron chi connectivity index (χ3n) is 3.72. The van der Waals surface area contributed by atoms with Gasteiger partial charge in [0.05, 0.1) is 18.0 Å². The van der Waals surface area contributed by atoms with E-state index in [9.17, 15) is 0 Å². The van der Waals surface area contributed by atoms with E-state index in [-0.39, 0.29) is 0 Å². The molecule has 0 unspecified atom stereocenters. The molecule has 0 amide bonds. The summed E-state index contributed by atoms with van der Waals surface area (Å²) in [7, 11) is 1.71. The molecule has 1 aromatic carbocycles. The molecule has 114 valence electrons. The van der Waals surface area contributed by atoms with E-state index >= 15 is 0 Å². The molecule has 0 fully saturated rings. The van der Waals surface area contributed by atoms with Gasteiger partial charge in [-0.3, -0.25) is 0 Å². The van der Waals surface area contributed by atoms with Crippen molar-refractivity contribution in [3.8, 4) is 5.69 Å². The minimum atomic E-state index is 0.711. The Morgan fingerprint density at radius 3 is 2.67 bits per heavy atom. The summed E-state index contributed by atoms with van der Waals surface area (Å²) in [6, 6.07) is 6.30. The maximum atomic E-state index is 5.07. The highest BCUT2D eigenvalue weighted by Gasteiger charge is 2.12. The third kappa shape index (κ3) is 3.73. The first-order chi connectivity index (χ1) is 10.0. The number of aryl methyl sites for hydroxylation is 1. The molecule has 0 atom stereocenters. The average molecular weight is 352 g/mol. The van der Waals surface area contributed by atoms with Gasteiger partial charge < -0.3 is 10.1 Å². The monoisotopic (exact) mass is 351 g/mol. The van der Waals surface area contributed by atoms with Crippen molar-refractivity contribution in [2.45, 2.75) is 27.3 Å². The number of halogens is 1. The van der Waals surface area contributed by atoms with E-state index in [1.165, 1.54) is 16.8 Å². The van der Waals surface area contributed by atoms with Crippen molar-refractivity contribution in [1.82, 2.24) is 15.1 Å². The summed E-state index contributed by atoms with van der Waals surface area (Å²) in [5.41, 5.74) is 5.85. The lowest BCUT2D eigenvalue weighted by atomic mass is 10.1. The highest BCUT2D eigenvalue weighted by molar-refractivity contribution is 9.10. The van der Waals surface area contributed by atoms with Crippen LogP contribution in [0.4, 0.5) is 0 Å². The Morgan fingerprint density at radius 1 is 1.29 bits per heavy atom. The average Bonchev–Trinajstić information content (AvgIpc) is 2.71. The Morgan fingerprint density at radius 2 is 2.05 bits per heavy atom. The second kappa shape index (κ2) is 7.20. The molecule has 0 aliphatic heterocycles. The summed E-state index contributed by atoms with van der Waals surface area (Å²) in [5, 5.41) is 8.06. The van der Waals surface area contributed by atoms with Crippen molar-refractivity contribution in [3.05, 3.63) is 45.2 Å². The number of nitrogens with zero attached hydrogens (tertiary/aromatic N) is 2. The lowest BCUT2D eigenvalue weighted by Crippen LogP contribution is -2.20. The van der Waals surface area contributed by atoms with Crippen molar-refractivity contribution in [2.75, 3.05) is 20.3 Å². The van der Waals surface area contributed by atoms with Crippen molar-refractivity contribution in [2.24, 2.45) is 0 Å². The zero-order chi connectivity index (χ0) is 15.4. The maximum absolute atomic E-state index is 5.07. The number of methoxy groups -OCH3 is 1. The zero-order valence-electron chi connectivity index (χ0n) is 13.0. The molecule has 4 nitrogen and oxygen atoms in total. The summed E-state index contributed by atoms with van der Waals surface area (Å²) in [4.78, 5) is 0. The van der Waals surface area contributed by atoms with E-state index in [2.05, 4.69) is 58.4 Å². The highest BCUT2D eigenvalue weighted by atomic mass is 79.9. The van der Waals surface area contributed by atoms with Crippen LogP contribution in [-0.4, -0.2) is 30.0 Å². The van der Waals surface area contributed by atoms with Crippen molar-refractivity contribution < 1.29 is 4.74 Å². The fraction of sp³-hybridized carbons (Fsp3) is 0.438. The number of hydrogen-bond donors (Lipinski definition) is 1. The quantitative estimate of drug-likeness (QED) is 0.811. The molecule has 1 aromatic heterocycles. The van der Waals surface area contributed by atoms with Crippen LogP contribution in [0.3, 0.4) is 0 Å². The number of aromatic nitrogens is 2. The van der Waals surface area contributed by atoms with E-state index in [1.54, 1.807) is 7.11 Å². The van der Waals surface area contributed by atoms with Gasteiger partial charge in [-0.15, -0.1) is 0 Å². The molecule has 0 spiro atoms. The SMILES string of the molecule is COCCNCc1cc(Br)ccc1-n1nc(C)c(C)c1C.